The number of carbonyl (C=O) groups excluding carboxylic acids is 1. The molecule has 0 unspecified atom stereocenters. The van der Waals surface area contributed by atoms with Gasteiger partial charge in [0, 0.05) is 11.6 Å². The SMILES string of the molecule is CC=C/C=C/C(=O)Nc1[nH]ncc1CC. The van der Waals surface area contributed by atoms with Crippen LogP contribution in [-0.4, -0.2) is 16.1 Å². The molecular formula is C11H15N3O. The van der Waals surface area contributed by atoms with E-state index in [0.717, 1.165) is 12.0 Å². The Kier molecular flexibility index (Phi) is 4.34. The van der Waals surface area contributed by atoms with Gasteiger partial charge in [0.15, 0.2) is 0 Å². The summed E-state index contributed by atoms with van der Waals surface area (Å²) in [7, 11) is 0. The largest absolute Gasteiger partial charge is 0.307 e. The van der Waals surface area contributed by atoms with Crippen molar-refractivity contribution >= 4 is 11.7 Å². The molecule has 0 aliphatic rings. The normalized spacial score (nSPS) is 11.3. The number of rotatable bonds is 4. The minimum atomic E-state index is -0.160. The van der Waals surface area contributed by atoms with Gasteiger partial charge in [0.2, 0.25) is 5.91 Å². The second-order valence-electron chi connectivity index (χ2n) is 3.00. The van der Waals surface area contributed by atoms with Gasteiger partial charge in [-0.05, 0) is 13.3 Å². The minimum absolute atomic E-state index is 0.160. The number of aromatic amines is 1. The van der Waals surface area contributed by atoms with Crippen molar-refractivity contribution in [3.05, 3.63) is 36.1 Å². The predicted molar refractivity (Wildman–Crippen MR) is 60.5 cm³/mol. The average molecular weight is 205 g/mol. The number of aryl methyl sites for hydroxylation is 1. The Balaban J connectivity index is 2.58. The van der Waals surface area contributed by atoms with Crippen molar-refractivity contribution in [3.63, 3.8) is 0 Å². The highest BCUT2D eigenvalue weighted by atomic mass is 16.1. The molecule has 0 bridgehead atoms. The van der Waals surface area contributed by atoms with Crippen LogP contribution >= 0.6 is 0 Å². The van der Waals surface area contributed by atoms with Gasteiger partial charge in [-0.2, -0.15) is 5.10 Å². The summed E-state index contributed by atoms with van der Waals surface area (Å²) in [5.74, 6) is 0.514. The van der Waals surface area contributed by atoms with E-state index >= 15 is 0 Å². The summed E-state index contributed by atoms with van der Waals surface area (Å²) in [6, 6.07) is 0. The first kappa shape index (κ1) is 11.2. The Hall–Kier alpha value is -1.84. The lowest BCUT2D eigenvalue weighted by Gasteiger charge is -2.00. The lowest BCUT2D eigenvalue weighted by molar-refractivity contribution is -0.111. The molecule has 0 radical (unpaired) electrons. The lowest BCUT2D eigenvalue weighted by Crippen LogP contribution is -2.09. The molecule has 4 nitrogen and oxygen atoms in total. The summed E-state index contributed by atoms with van der Waals surface area (Å²) in [5.41, 5.74) is 1.00. The topological polar surface area (TPSA) is 57.8 Å². The number of anilines is 1. The summed E-state index contributed by atoms with van der Waals surface area (Å²) in [4.78, 5) is 11.4. The van der Waals surface area contributed by atoms with Gasteiger partial charge in [-0.15, -0.1) is 0 Å². The monoisotopic (exact) mass is 205 g/mol. The van der Waals surface area contributed by atoms with Crippen molar-refractivity contribution < 1.29 is 4.79 Å². The van der Waals surface area contributed by atoms with Crippen LogP contribution < -0.4 is 5.32 Å². The number of hydrogen-bond donors (Lipinski definition) is 2. The Morgan fingerprint density at radius 2 is 2.40 bits per heavy atom. The quantitative estimate of drug-likeness (QED) is 0.583. The Bertz CT molecular complexity index is 377. The maximum atomic E-state index is 11.4. The van der Waals surface area contributed by atoms with Crippen LogP contribution in [-0.2, 0) is 11.2 Å². The van der Waals surface area contributed by atoms with Gasteiger partial charge in [-0.3, -0.25) is 9.89 Å². The summed E-state index contributed by atoms with van der Waals surface area (Å²) >= 11 is 0. The summed E-state index contributed by atoms with van der Waals surface area (Å²) < 4.78 is 0. The minimum Gasteiger partial charge on any atom is -0.307 e. The van der Waals surface area contributed by atoms with E-state index in [1.54, 1.807) is 18.3 Å². The van der Waals surface area contributed by atoms with Gasteiger partial charge in [-0.1, -0.05) is 25.2 Å². The molecule has 15 heavy (non-hydrogen) atoms. The van der Waals surface area contributed by atoms with Crippen molar-refractivity contribution in [2.45, 2.75) is 20.3 Å². The van der Waals surface area contributed by atoms with E-state index in [9.17, 15) is 4.79 Å². The standard InChI is InChI=1S/C11H15N3O/c1-3-5-6-7-10(15)13-11-9(4-2)8-12-14-11/h3,5-8H,4H2,1-2H3,(H2,12,13,14,15)/b5-3?,7-6+. The van der Waals surface area contributed by atoms with Crippen LogP contribution in [0.5, 0.6) is 0 Å². The molecule has 0 atom stereocenters. The van der Waals surface area contributed by atoms with Crippen LogP contribution in [0.1, 0.15) is 19.4 Å². The number of aromatic nitrogens is 2. The molecule has 0 spiro atoms. The smallest absolute Gasteiger partial charge is 0.249 e. The Morgan fingerprint density at radius 1 is 1.60 bits per heavy atom. The third kappa shape index (κ3) is 3.42. The maximum Gasteiger partial charge on any atom is 0.249 e. The Morgan fingerprint density at radius 3 is 3.07 bits per heavy atom. The van der Waals surface area contributed by atoms with E-state index < -0.39 is 0 Å². The molecule has 1 amide bonds. The van der Waals surface area contributed by atoms with E-state index in [2.05, 4.69) is 15.5 Å². The molecule has 0 saturated heterocycles. The maximum absolute atomic E-state index is 11.4. The second kappa shape index (κ2) is 5.80. The van der Waals surface area contributed by atoms with Gasteiger partial charge in [0.25, 0.3) is 0 Å². The van der Waals surface area contributed by atoms with E-state index in [1.165, 1.54) is 6.08 Å². The molecule has 2 N–H and O–H groups in total. The zero-order chi connectivity index (χ0) is 11.1. The van der Waals surface area contributed by atoms with E-state index in [1.807, 2.05) is 19.9 Å². The number of nitrogens with one attached hydrogen (secondary N) is 2. The van der Waals surface area contributed by atoms with Gasteiger partial charge < -0.3 is 5.32 Å². The van der Waals surface area contributed by atoms with Crippen LogP contribution in [0.15, 0.2) is 30.5 Å². The molecule has 0 aliphatic carbocycles. The third-order valence-corrected chi connectivity index (χ3v) is 1.90. The fourth-order valence-electron chi connectivity index (χ4n) is 1.11. The first-order valence-electron chi connectivity index (χ1n) is 4.90. The molecule has 0 aliphatic heterocycles. The van der Waals surface area contributed by atoms with Crippen molar-refractivity contribution in [3.8, 4) is 0 Å². The fourth-order valence-corrected chi connectivity index (χ4v) is 1.11. The summed E-state index contributed by atoms with van der Waals surface area (Å²) in [6.07, 6.45) is 9.37. The second-order valence-corrected chi connectivity index (χ2v) is 3.00. The van der Waals surface area contributed by atoms with Crippen LogP contribution in [0.4, 0.5) is 5.82 Å². The lowest BCUT2D eigenvalue weighted by atomic mass is 10.2. The van der Waals surface area contributed by atoms with E-state index in [4.69, 9.17) is 0 Å². The van der Waals surface area contributed by atoms with Crippen molar-refractivity contribution in [2.24, 2.45) is 0 Å². The molecule has 0 fully saturated rings. The number of hydrogen-bond acceptors (Lipinski definition) is 2. The average Bonchev–Trinajstić information content (AvgIpc) is 2.65. The molecule has 1 rings (SSSR count). The first-order valence-corrected chi connectivity index (χ1v) is 4.90. The molecule has 1 aromatic heterocycles. The van der Waals surface area contributed by atoms with Gasteiger partial charge in [-0.25, -0.2) is 0 Å². The van der Waals surface area contributed by atoms with Gasteiger partial charge in [0.1, 0.15) is 5.82 Å². The number of H-pyrrole nitrogens is 1. The predicted octanol–water partition coefficient (Wildman–Crippen LogP) is 2.04. The van der Waals surface area contributed by atoms with Crippen LogP contribution in [0.25, 0.3) is 0 Å². The fraction of sp³-hybridized carbons (Fsp3) is 0.273. The van der Waals surface area contributed by atoms with E-state index in [-0.39, 0.29) is 5.91 Å². The Labute approximate surface area is 89.1 Å². The number of allylic oxidation sites excluding steroid dienone is 3. The molecule has 80 valence electrons. The molecule has 4 heteroatoms. The first-order chi connectivity index (χ1) is 7.27. The van der Waals surface area contributed by atoms with Crippen molar-refractivity contribution in [1.29, 1.82) is 0 Å². The number of amides is 1. The van der Waals surface area contributed by atoms with Crippen LogP contribution in [0.3, 0.4) is 0 Å². The molecule has 0 saturated carbocycles. The molecule has 1 heterocycles. The number of carbonyl (C=O) groups is 1. The van der Waals surface area contributed by atoms with Gasteiger partial charge >= 0.3 is 0 Å². The van der Waals surface area contributed by atoms with Crippen LogP contribution in [0.2, 0.25) is 0 Å². The highest BCUT2D eigenvalue weighted by molar-refractivity contribution is 5.99. The van der Waals surface area contributed by atoms with E-state index in [0.29, 0.717) is 5.82 Å². The molecule has 0 aromatic carbocycles. The molecular weight excluding hydrogens is 190 g/mol. The van der Waals surface area contributed by atoms with Crippen LogP contribution in [0, 0.1) is 0 Å². The van der Waals surface area contributed by atoms with Crippen molar-refractivity contribution in [1.82, 2.24) is 10.2 Å². The third-order valence-electron chi connectivity index (χ3n) is 1.90. The number of nitrogens with zero attached hydrogens (tertiary/aromatic N) is 1. The summed E-state index contributed by atoms with van der Waals surface area (Å²) in [6.45, 7) is 3.91. The zero-order valence-corrected chi connectivity index (χ0v) is 8.95. The zero-order valence-electron chi connectivity index (χ0n) is 8.95. The molecule has 1 aromatic rings. The highest BCUT2D eigenvalue weighted by Gasteiger charge is 2.04. The van der Waals surface area contributed by atoms with Gasteiger partial charge in [0.05, 0.1) is 6.20 Å². The van der Waals surface area contributed by atoms with Crippen molar-refractivity contribution in [2.75, 3.05) is 5.32 Å². The highest BCUT2D eigenvalue weighted by Crippen LogP contribution is 2.10. The summed E-state index contributed by atoms with van der Waals surface area (Å²) in [5, 5.41) is 9.33.